The number of furan rings is 2. The van der Waals surface area contributed by atoms with Crippen molar-refractivity contribution >= 4 is 71.7 Å². The van der Waals surface area contributed by atoms with Crippen molar-refractivity contribution in [3.63, 3.8) is 0 Å². The zero-order valence-corrected chi connectivity index (χ0v) is 33.1. The van der Waals surface area contributed by atoms with Gasteiger partial charge in [-0.15, -0.1) is 0 Å². The Morgan fingerprint density at radius 1 is 0.279 bits per heavy atom. The summed E-state index contributed by atoms with van der Waals surface area (Å²) in [5.74, 6) is 0. The van der Waals surface area contributed by atoms with Crippen molar-refractivity contribution in [2.75, 3.05) is 4.90 Å². The fourth-order valence-electron chi connectivity index (χ4n) is 9.13. The van der Waals surface area contributed by atoms with Crippen LogP contribution in [0.5, 0.6) is 0 Å². The minimum absolute atomic E-state index is 0.874. The molecule has 0 spiro atoms. The minimum atomic E-state index is 0.874. The summed E-state index contributed by atoms with van der Waals surface area (Å²) in [5, 5.41) is 6.96. The molecular weight excluding hydrogens is 743 g/mol. The predicted molar refractivity (Wildman–Crippen MR) is 255 cm³/mol. The van der Waals surface area contributed by atoms with Crippen molar-refractivity contribution < 1.29 is 8.83 Å². The van der Waals surface area contributed by atoms with Gasteiger partial charge < -0.3 is 13.7 Å². The van der Waals surface area contributed by atoms with Gasteiger partial charge in [0.25, 0.3) is 0 Å². The molecule has 0 unspecified atom stereocenters. The van der Waals surface area contributed by atoms with E-state index in [2.05, 4.69) is 205 Å². The van der Waals surface area contributed by atoms with Gasteiger partial charge in [0.2, 0.25) is 0 Å². The molecule has 0 aliphatic carbocycles. The molecule has 0 radical (unpaired) electrons. The first-order valence-corrected chi connectivity index (χ1v) is 20.7. The normalized spacial score (nSPS) is 11.6. The smallest absolute Gasteiger partial charge is 0.143 e. The third kappa shape index (κ3) is 5.98. The van der Waals surface area contributed by atoms with Crippen LogP contribution >= 0.6 is 0 Å². The van der Waals surface area contributed by atoms with E-state index in [0.29, 0.717) is 0 Å². The van der Waals surface area contributed by atoms with Crippen LogP contribution in [0.15, 0.2) is 233 Å². The molecule has 0 amide bonds. The first-order valence-electron chi connectivity index (χ1n) is 20.7. The number of hydrogen-bond donors (Lipinski definition) is 0. The van der Waals surface area contributed by atoms with E-state index in [0.717, 1.165) is 88.8 Å². The first-order chi connectivity index (χ1) is 30.2. The fourth-order valence-corrected chi connectivity index (χ4v) is 9.13. The summed E-state index contributed by atoms with van der Waals surface area (Å²) < 4.78 is 12.8. The highest BCUT2D eigenvalue weighted by molar-refractivity contribution is 6.10. The van der Waals surface area contributed by atoms with E-state index in [4.69, 9.17) is 8.83 Å². The molecule has 3 heteroatoms. The van der Waals surface area contributed by atoms with Gasteiger partial charge in [-0.2, -0.15) is 0 Å². The molecule has 12 rings (SSSR count). The highest BCUT2D eigenvalue weighted by Gasteiger charge is 2.20. The molecule has 2 heterocycles. The van der Waals surface area contributed by atoms with E-state index in [1.807, 2.05) is 24.3 Å². The van der Waals surface area contributed by atoms with Gasteiger partial charge in [-0.1, -0.05) is 164 Å². The summed E-state index contributed by atoms with van der Waals surface area (Å²) in [4.78, 5) is 2.36. The third-order valence-electron chi connectivity index (χ3n) is 12.1. The first kappa shape index (κ1) is 34.9. The maximum absolute atomic E-state index is 6.45. The van der Waals surface area contributed by atoms with Crippen LogP contribution in [-0.4, -0.2) is 0 Å². The van der Waals surface area contributed by atoms with E-state index >= 15 is 0 Å². The minimum Gasteiger partial charge on any atom is -0.456 e. The molecule has 61 heavy (non-hydrogen) atoms. The second-order valence-electron chi connectivity index (χ2n) is 15.6. The standard InChI is InChI=1S/C58H37NO2/c1-2-13-41-36-42(25-24-38(41)12-1)47-15-4-3-14-46(47)39-26-31-44(32-27-39)59(45-33-28-40(29-34-45)49-19-11-20-53-51-18-7-10-23-56(51)61-58(49)53)54-21-8-5-16-48(54)43-30-35-52-50-17-6-9-22-55(50)60-57(52)37-43/h1-37H. The highest BCUT2D eigenvalue weighted by atomic mass is 16.3. The number of anilines is 3. The van der Waals surface area contributed by atoms with Crippen LogP contribution in [0, 0.1) is 0 Å². The molecule has 10 aromatic carbocycles. The van der Waals surface area contributed by atoms with Gasteiger partial charge >= 0.3 is 0 Å². The van der Waals surface area contributed by atoms with Crippen molar-refractivity contribution in [2.24, 2.45) is 0 Å². The molecule has 2 aromatic heterocycles. The molecule has 3 nitrogen and oxygen atoms in total. The van der Waals surface area contributed by atoms with Crippen molar-refractivity contribution in [3.05, 3.63) is 224 Å². The monoisotopic (exact) mass is 779 g/mol. The number of rotatable bonds is 7. The summed E-state index contributed by atoms with van der Waals surface area (Å²) >= 11 is 0. The lowest BCUT2D eigenvalue weighted by Gasteiger charge is -2.28. The zero-order chi connectivity index (χ0) is 40.3. The Balaban J connectivity index is 0.982. The largest absolute Gasteiger partial charge is 0.456 e. The van der Waals surface area contributed by atoms with Gasteiger partial charge in [0.15, 0.2) is 0 Å². The number of fused-ring (bicyclic) bond motifs is 7. The van der Waals surface area contributed by atoms with Crippen LogP contribution in [0.4, 0.5) is 17.1 Å². The summed E-state index contributed by atoms with van der Waals surface area (Å²) in [6, 6.07) is 80.0. The summed E-state index contributed by atoms with van der Waals surface area (Å²) in [6.45, 7) is 0. The number of benzene rings is 10. The molecule has 0 N–H and O–H groups in total. The van der Waals surface area contributed by atoms with E-state index in [-0.39, 0.29) is 0 Å². The second-order valence-corrected chi connectivity index (χ2v) is 15.6. The maximum atomic E-state index is 6.45. The Kier molecular flexibility index (Phi) is 8.17. The van der Waals surface area contributed by atoms with Crippen molar-refractivity contribution in [1.82, 2.24) is 0 Å². The number of para-hydroxylation sites is 4. The van der Waals surface area contributed by atoms with E-state index in [1.165, 1.54) is 27.5 Å². The van der Waals surface area contributed by atoms with Crippen LogP contribution in [0.25, 0.3) is 99.2 Å². The van der Waals surface area contributed by atoms with Gasteiger partial charge in [-0.3, -0.25) is 0 Å². The molecule has 0 bridgehead atoms. The van der Waals surface area contributed by atoms with E-state index in [9.17, 15) is 0 Å². The van der Waals surface area contributed by atoms with Crippen molar-refractivity contribution in [3.8, 4) is 44.5 Å². The average Bonchev–Trinajstić information content (AvgIpc) is 3.90. The number of hydrogen-bond acceptors (Lipinski definition) is 3. The van der Waals surface area contributed by atoms with Crippen molar-refractivity contribution in [1.29, 1.82) is 0 Å². The topological polar surface area (TPSA) is 29.5 Å². The quantitative estimate of drug-likeness (QED) is 0.161. The second kappa shape index (κ2) is 14.3. The van der Waals surface area contributed by atoms with Gasteiger partial charge in [-0.05, 0) is 105 Å². The lowest BCUT2D eigenvalue weighted by molar-refractivity contribution is 0.669. The zero-order valence-electron chi connectivity index (χ0n) is 33.1. The molecule has 12 aromatic rings. The lowest BCUT2D eigenvalue weighted by atomic mass is 9.93. The fraction of sp³-hybridized carbons (Fsp3) is 0. The predicted octanol–water partition coefficient (Wildman–Crippen LogP) is 16.8. The molecule has 0 fully saturated rings. The molecule has 0 aliphatic rings. The Bertz CT molecular complexity index is 3590. The summed E-state index contributed by atoms with van der Waals surface area (Å²) in [6.07, 6.45) is 0. The molecule has 286 valence electrons. The molecule has 0 aliphatic heterocycles. The summed E-state index contributed by atoms with van der Waals surface area (Å²) in [5.41, 5.74) is 15.8. The molecule has 0 atom stereocenters. The van der Waals surface area contributed by atoms with Crippen LogP contribution in [0.3, 0.4) is 0 Å². The van der Waals surface area contributed by atoms with E-state index < -0.39 is 0 Å². The Labute approximate surface area is 353 Å². The average molecular weight is 780 g/mol. The third-order valence-corrected chi connectivity index (χ3v) is 12.1. The molecular formula is C58H37NO2. The van der Waals surface area contributed by atoms with Crippen LogP contribution in [0.1, 0.15) is 0 Å². The van der Waals surface area contributed by atoms with Crippen molar-refractivity contribution in [2.45, 2.75) is 0 Å². The SMILES string of the molecule is c1ccc(-c2ccc3ccccc3c2)c(-c2ccc(N(c3ccc(-c4cccc5c4oc4ccccc45)cc3)c3ccccc3-c3ccc4c(c3)oc3ccccc34)cc2)c1. The maximum Gasteiger partial charge on any atom is 0.143 e. The van der Waals surface area contributed by atoms with Gasteiger partial charge in [0, 0.05) is 44.0 Å². The Hall–Kier alpha value is -8.14. The van der Waals surface area contributed by atoms with Crippen LogP contribution < -0.4 is 4.90 Å². The number of nitrogens with zero attached hydrogens (tertiary/aromatic N) is 1. The highest BCUT2D eigenvalue weighted by Crippen LogP contribution is 2.44. The lowest BCUT2D eigenvalue weighted by Crippen LogP contribution is -2.11. The summed E-state index contributed by atoms with van der Waals surface area (Å²) in [7, 11) is 0. The molecule has 0 saturated carbocycles. The Morgan fingerprint density at radius 3 is 1.52 bits per heavy atom. The molecule has 0 saturated heterocycles. The van der Waals surface area contributed by atoms with Gasteiger partial charge in [-0.25, -0.2) is 0 Å². The van der Waals surface area contributed by atoms with Gasteiger partial charge in [0.1, 0.15) is 22.3 Å². The van der Waals surface area contributed by atoms with Crippen LogP contribution in [-0.2, 0) is 0 Å². The van der Waals surface area contributed by atoms with E-state index in [1.54, 1.807) is 0 Å². The van der Waals surface area contributed by atoms with Crippen LogP contribution in [0.2, 0.25) is 0 Å². The Morgan fingerprint density at radius 2 is 0.770 bits per heavy atom. The van der Waals surface area contributed by atoms with Gasteiger partial charge in [0.05, 0.1) is 5.69 Å².